The number of carbonyl (C=O) groups excluding carboxylic acids is 1. The van der Waals surface area contributed by atoms with E-state index in [1.807, 2.05) is 6.07 Å². The minimum absolute atomic E-state index is 0.241. The lowest BCUT2D eigenvalue weighted by molar-refractivity contribution is -0.111. The molecule has 4 rings (SSSR count). The summed E-state index contributed by atoms with van der Waals surface area (Å²) in [4.78, 5) is 23.5. The zero-order chi connectivity index (χ0) is 19.7. The van der Waals surface area contributed by atoms with Gasteiger partial charge in [-0.25, -0.2) is 9.97 Å². The highest BCUT2D eigenvalue weighted by molar-refractivity contribution is 6.24. The lowest BCUT2D eigenvalue weighted by atomic mass is 10.0. The standard InChI is InChI=1S/C21H25N5O2/c1-21(2)12-14-10-16(17(11-18(14)28-21)26-8-3-4-9-26)25-20(27)15(13-22)19-23-6-5-7-24-19/h5-7,10-11,13H,3-4,8-9,12,22H2,1-2H3,(H,25,27). The average molecular weight is 379 g/mol. The average Bonchev–Trinajstić information content (AvgIpc) is 3.28. The highest BCUT2D eigenvalue weighted by atomic mass is 16.5. The third kappa shape index (κ3) is 3.52. The first-order valence-corrected chi connectivity index (χ1v) is 9.58. The maximum absolute atomic E-state index is 12.9. The number of ether oxygens (including phenoxy) is 1. The molecule has 146 valence electrons. The van der Waals surface area contributed by atoms with Gasteiger partial charge in [0.25, 0.3) is 5.91 Å². The highest BCUT2D eigenvalue weighted by Crippen LogP contribution is 2.42. The molecule has 0 bridgehead atoms. The molecule has 7 nitrogen and oxygen atoms in total. The molecule has 28 heavy (non-hydrogen) atoms. The summed E-state index contributed by atoms with van der Waals surface area (Å²) in [6.07, 6.45) is 7.51. The summed E-state index contributed by atoms with van der Waals surface area (Å²) in [5.74, 6) is 0.869. The Kier molecular flexibility index (Phi) is 4.66. The van der Waals surface area contributed by atoms with Crippen LogP contribution in [0.4, 0.5) is 11.4 Å². The van der Waals surface area contributed by atoms with Gasteiger partial charge in [0, 0.05) is 49.7 Å². The van der Waals surface area contributed by atoms with Gasteiger partial charge < -0.3 is 20.7 Å². The Morgan fingerprint density at radius 2 is 1.96 bits per heavy atom. The Morgan fingerprint density at radius 3 is 2.64 bits per heavy atom. The quantitative estimate of drug-likeness (QED) is 0.794. The van der Waals surface area contributed by atoms with Gasteiger partial charge in [-0.05, 0) is 38.8 Å². The molecule has 0 saturated carbocycles. The largest absolute Gasteiger partial charge is 0.487 e. The van der Waals surface area contributed by atoms with E-state index in [0.717, 1.165) is 55.0 Å². The van der Waals surface area contributed by atoms with E-state index in [9.17, 15) is 4.79 Å². The third-order valence-electron chi connectivity index (χ3n) is 5.09. The summed E-state index contributed by atoms with van der Waals surface area (Å²) in [6.45, 7) is 6.07. The van der Waals surface area contributed by atoms with Crippen molar-refractivity contribution >= 4 is 22.9 Å². The van der Waals surface area contributed by atoms with Crippen molar-refractivity contribution in [1.82, 2.24) is 9.97 Å². The van der Waals surface area contributed by atoms with E-state index >= 15 is 0 Å². The number of nitrogens with zero attached hydrogens (tertiary/aromatic N) is 3. The Balaban J connectivity index is 1.67. The molecule has 3 heterocycles. The van der Waals surface area contributed by atoms with E-state index < -0.39 is 0 Å². The number of nitrogens with two attached hydrogens (primary N) is 1. The van der Waals surface area contributed by atoms with Crippen molar-refractivity contribution in [2.75, 3.05) is 23.3 Å². The van der Waals surface area contributed by atoms with E-state index in [4.69, 9.17) is 10.5 Å². The number of amides is 1. The second-order valence-corrected chi connectivity index (χ2v) is 7.82. The number of rotatable bonds is 4. The van der Waals surface area contributed by atoms with Gasteiger partial charge in [-0.1, -0.05) is 0 Å². The van der Waals surface area contributed by atoms with Gasteiger partial charge in [-0.2, -0.15) is 0 Å². The first kappa shape index (κ1) is 18.3. The minimum Gasteiger partial charge on any atom is -0.487 e. The number of fused-ring (bicyclic) bond motifs is 1. The summed E-state index contributed by atoms with van der Waals surface area (Å²) in [7, 11) is 0. The predicted octanol–water partition coefficient (Wildman–Crippen LogP) is 2.73. The number of carbonyl (C=O) groups is 1. The number of nitrogens with one attached hydrogen (secondary N) is 1. The van der Waals surface area contributed by atoms with Gasteiger partial charge in [0.2, 0.25) is 0 Å². The lowest BCUT2D eigenvalue weighted by Crippen LogP contribution is -2.24. The number of hydrogen-bond donors (Lipinski definition) is 2. The van der Waals surface area contributed by atoms with Crippen LogP contribution in [0.1, 0.15) is 38.1 Å². The molecular formula is C21H25N5O2. The van der Waals surface area contributed by atoms with Crippen molar-refractivity contribution in [3.8, 4) is 5.75 Å². The minimum atomic E-state index is -0.327. The summed E-state index contributed by atoms with van der Waals surface area (Å²) in [6, 6.07) is 5.77. The fraction of sp³-hybridized carbons (Fsp3) is 0.381. The third-order valence-corrected chi connectivity index (χ3v) is 5.09. The topological polar surface area (TPSA) is 93.4 Å². The molecule has 0 atom stereocenters. The maximum Gasteiger partial charge on any atom is 0.261 e. The van der Waals surface area contributed by atoms with E-state index in [0.29, 0.717) is 5.82 Å². The van der Waals surface area contributed by atoms with Crippen molar-refractivity contribution in [2.24, 2.45) is 5.73 Å². The Bertz CT molecular complexity index is 918. The van der Waals surface area contributed by atoms with Crippen LogP contribution < -0.4 is 20.7 Å². The van der Waals surface area contributed by atoms with E-state index in [1.54, 1.807) is 18.5 Å². The van der Waals surface area contributed by atoms with Crippen LogP contribution in [0.2, 0.25) is 0 Å². The molecule has 2 aromatic rings. The van der Waals surface area contributed by atoms with Gasteiger partial charge in [-0.3, -0.25) is 4.79 Å². The number of benzene rings is 1. The molecule has 1 amide bonds. The summed E-state index contributed by atoms with van der Waals surface area (Å²) < 4.78 is 6.10. The van der Waals surface area contributed by atoms with Crippen LogP contribution in [0.3, 0.4) is 0 Å². The van der Waals surface area contributed by atoms with E-state index in [-0.39, 0.29) is 17.1 Å². The number of anilines is 2. The fourth-order valence-electron chi connectivity index (χ4n) is 3.84. The molecule has 3 N–H and O–H groups in total. The van der Waals surface area contributed by atoms with Gasteiger partial charge in [-0.15, -0.1) is 0 Å². The molecule has 0 aliphatic carbocycles. The van der Waals surface area contributed by atoms with Crippen LogP contribution in [0.25, 0.3) is 5.57 Å². The van der Waals surface area contributed by atoms with Crippen LogP contribution in [-0.2, 0) is 11.2 Å². The Morgan fingerprint density at radius 1 is 1.25 bits per heavy atom. The van der Waals surface area contributed by atoms with Crippen LogP contribution in [0.5, 0.6) is 5.75 Å². The summed E-state index contributed by atoms with van der Waals surface area (Å²) >= 11 is 0. The lowest BCUT2D eigenvalue weighted by Gasteiger charge is -2.23. The molecule has 2 aliphatic rings. The highest BCUT2D eigenvalue weighted by Gasteiger charge is 2.32. The maximum atomic E-state index is 12.9. The van der Waals surface area contributed by atoms with Crippen molar-refractivity contribution in [3.63, 3.8) is 0 Å². The number of aromatic nitrogens is 2. The molecule has 1 fully saturated rings. The molecule has 2 aliphatic heterocycles. The van der Waals surface area contributed by atoms with Gasteiger partial charge in [0.15, 0.2) is 5.82 Å². The van der Waals surface area contributed by atoms with Gasteiger partial charge in [0.05, 0.1) is 16.9 Å². The van der Waals surface area contributed by atoms with Crippen molar-refractivity contribution < 1.29 is 9.53 Å². The van der Waals surface area contributed by atoms with Crippen LogP contribution >= 0.6 is 0 Å². The Hall–Kier alpha value is -3.09. The van der Waals surface area contributed by atoms with Crippen molar-refractivity contribution in [1.29, 1.82) is 0 Å². The number of hydrogen-bond acceptors (Lipinski definition) is 6. The monoisotopic (exact) mass is 379 g/mol. The molecule has 1 aromatic heterocycles. The normalized spacial score (nSPS) is 17.9. The zero-order valence-corrected chi connectivity index (χ0v) is 16.2. The fourth-order valence-corrected chi connectivity index (χ4v) is 3.84. The first-order valence-electron chi connectivity index (χ1n) is 9.58. The van der Waals surface area contributed by atoms with E-state index in [1.165, 1.54) is 6.20 Å². The Labute approximate surface area is 164 Å². The second kappa shape index (κ2) is 7.14. The van der Waals surface area contributed by atoms with Crippen molar-refractivity contribution in [3.05, 3.63) is 48.2 Å². The summed E-state index contributed by atoms with van der Waals surface area (Å²) in [5, 5.41) is 3.03. The van der Waals surface area contributed by atoms with Gasteiger partial charge in [0.1, 0.15) is 11.4 Å². The van der Waals surface area contributed by atoms with Crippen LogP contribution in [-0.4, -0.2) is 34.6 Å². The van der Waals surface area contributed by atoms with E-state index in [2.05, 4.69) is 40.1 Å². The molecule has 0 radical (unpaired) electrons. The molecule has 1 saturated heterocycles. The molecule has 0 spiro atoms. The molecule has 1 aromatic carbocycles. The van der Waals surface area contributed by atoms with Crippen LogP contribution in [0.15, 0.2) is 36.8 Å². The van der Waals surface area contributed by atoms with Crippen LogP contribution in [0, 0.1) is 0 Å². The second-order valence-electron chi connectivity index (χ2n) is 7.82. The smallest absolute Gasteiger partial charge is 0.261 e. The summed E-state index contributed by atoms with van der Waals surface area (Å²) in [5.41, 5.74) is 8.55. The van der Waals surface area contributed by atoms with Gasteiger partial charge >= 0.3 is 0 Å². The SMILES string of the molecule is CC1(C)Cc2cc(NC(=O)C(=CN)c3ncccn3)c(N3CCCC3)cc2O1. The van der Waals surface area contributed by atoms with Crippen molar-refractivity contribution in [2.45, 2.75) is 38.7 Å². The molecule has 7 heteroatoms. The molecule has 0 unspecified atom stereocenters. The zero-order valence-electron chi connectivity index (χ0n) is 16.2. The molecular weight excluding hydrogens is 354 g/mol. The predicted molar refractivity (Wildman–Crippen MR) is 109 cm³/mol. The first-order chi connectivity index (χ1) is 13.5.